The molecule has 0 amide bonds. The Bertz CT molecular complexity index is 570. The van der Waals surface area contributed by atoms with Gasteiger partial charge in [0.2, 0.25) is 0 Å². The maximum absolute atomic E-state index is 11.0. The molecule has 3 atom stereocenters. The number of carbonyl (C=O) groups is 1. The van der Waals surface area contributed by atoms with Gasteiger partial charge >= 0.3 is 5.97 Å². The second-order valence-electron chi connectivity index (χ2n) is 5.73. The van der Waals surface area contributed by atoms with Gasteiger partial charge in [0.15, 0.2) is 18.0 Å². The number of carbonyl (C=O) groups excluding carboxylic acids is 1. The van der Waals surface area contributed by atoms with Crippen molar-refractivity contribution in [2.24, 2.45) is 0 Å². The molecule has 5 nitrogen and oxygen atoms in total. The molecule has 0 aromatic carbocycles. The zero-order chi connectivity index (χ0) is 16.7. The predicted molar refractivity (Wildman–Crippen MR) is 84.1 cm³/mol. The highest BCUT2D eigenvalue weighted by atomic mass is 16.7. The first kappa shape index (κ1) is 17.6. The van der Waals surface area contributed by atoms with Gasteiger partial charge in [-0.25, -0.2) is 4.79 Å². The van der Waals surface area contributed by atoms with Gasteiger partial charge in [0.25, 0.3) is 0 Å². The Morgan fingerprint density at radius 1 is 1.26 bits per heavy atom. The number of ether oxygens (including phenoxy) is 4. The van der Waals surface area contributed by atoms with Crippen molar-refractivity contribution in [1.29, 1.82) is 0 Å². The van der Waals surface area contributed by atoms with Crippen molar-refractivity contribution in [1.82, 2.24) is 0 Å². The van der Waals surface area contributed by atoms with E-state index in [1.807, 2.05) is 13.8 Å². The molecule has 0 aromatic heterocycles. The SMILES string of the molecule is COC(=O)/C=C/COC1C#C[C@H]2OC(C)(C)O[C@H]2C#CCCC1. The normalized spacial score (nSPS) is 28.9. The van der Waals surface area contributed by atoms with Crippen molar-refractivity contribution < 1.29 is 23.7 Å². The molecule has 0 N–H and O–H groups in total. The minimum absolute atomic E-state index is 0.217. The molecule has 1 aliphatic carbocycles. The van der Waals surface area contributed by atoms with E-state index in [2.05, 4.69) is 28.4 Å². The molecule has 1 saturated heterocycles. The van der Waals surface area contributed by atoms with Gasteiger partial charge in [-0.2, -0.15) is 0 Å². The summed E-state index contributed by atoms with van der Waals surface area (Å²) in [5, 5.41) is 0. The number of hydrogen-bond donors (Lipinski definition) is 0. The summed E-state index contributed by atoms with van der Waals surface area (Å²) >= 11 is 0. The lowest BCUT2D eigenvalue weighted by atomic mass is 10.1. The molecule has 1 fully saturated rings. The zero-order valence-corrected chi connectivity index (χ0v) is 13.8. The van der Waals surface area contributed by atoms with E-state index >= 15 is 0 Å². The molecule has 2 aliphatic rings. The van der Waals surface area contributed by atoms with Crippen LogP contribution in [0.5, 0.6) is 0 Å². The summed E-state index contributed by atoms with van der Waals surface area (Å²) in [6.45, 7) is 4.01. The third kappa shape index (κ3) is 5.73. The van der Waals surface area contributed by atoms with E-state index in [0.29, 0.717) is 6.61 Å². The topological polar surface area (TPSA) is 54.0 Å². The highest BCUT2D eigenvalue weighted by Gasteiger charge is 2.39. The Hall–Kier alpha value is -1.79. The molecular weight excluding hydrogens is 296 g/mol. The van der Waals surface area contributed by atoms with Gasteiger partial charge in [0, 0.05) is 12.5 Å². The van der Waals surface area contributed by atoms with Crippen molar-refractivity contribution in [3.05, 3.63) is 12.2 Å². The maximum atomic E-state index is 11.0. The summed E-state index contributed by atoms with van der Waals surface area (Å²) < 4.78 is 21.7. The van der Waals surface area contributed by atoms with Crippen LogP contribution < -0.4 is 0 Å². The Balaban J connectivity index is 1.97. The fourth-order valence-electron chi connectivity index (χ4n) is 2.28. The molecule has 0 aromatic rings. The second-order valence-corrected chi connectivity index (χ2v) is 5.73. The summed E-state index contributed by atoms with van der Waals surface area (Å²) in [6.07, 6.45) is 4.50. The van der Waals surface area contributed by atoms with Gasteiger partial charge in [0.05, 0.1) is 13.7 Å². The smallest absolute Gasteiger partial charge is 0.330 e. The van der Waals surface area contributed by atoms with E-state index in [-0.39, 0.29) is 18.3 Å². The quantitative estimate of drug-likeness (QED) is 0.449. The first-order chi connectivity index (χ1) is 11.0. The molecule has 23 heavy (non-hydrogen) atoms. The molecule has 124 valence electrons. The molecule has 1 aliphatic heterocycles. The number of methoxy groups -OCH3 is 1. The maximum Gasteiger partial charge on any atom is 0.330 e. The predicted octanol–water partition coefficient (Wildman–Crippen LogP) is 1.81. The molecule has 0 radical (unpaired) electrons. The lowest BCUT2D eigenvalue weighted by Gasteiger charge is -2.15. The van der Waals surface area contributed by atoms with E-state index in [1.54, 1.807) is 6.08 Å². The third-order valence-corrected chi connectivity index (χ3v) is 3.34. The van der Waals surface area contributed by atoms with E-state index in [0.717, 1.165) is 19.3 Å². The highest BCUT2D eigenvalue weighted by molar-refractivity contribution is 5.81. The Morgan fingerprint density at radius 3 is 2.74 bits per heavy atom. The molecule has 0 spiro atoms. The fraction of sp³-hybridized carbons (Fsp3) is 0.611. The van der Waals surface area contributed by atoms with E-state index in [4.69, 9.17) is 14.2 Å². The monoisotopic (exact) mass is 318 g/mol. The Morgan fingerprint density at radius 2 is 2.00 bits per heavy atom. The van der Waals surface area contributed by atoms with Crippen LogP contribution in [-0.4, -0.2) is 43.8 Å². The molecule has 0 bridgehead atoms. The van der Waals surface area contributed by atoms with E-state index < -0.39 is 11.8 Å². The van der Waals surface area contributed by atoms with E-state index in [1.165, 1.54) is 13.2 Å². The van der Waals surface area contributed by atoms with Gasteiger partial charge in [0.1, 0.15) is 6.10 Å². The summed E-state index contributed by atoms with van der Waals surface area (Å²) in [7, 11) is 1.34. The molecule has 2 rings (SSSR count). The zero-order valence-electron chi connectivity index (χ0n) is 13.8. The lowest BCUT2D eigenvalue weighted by Crippen LogP contribution is -2.21. The largest absolute Gasteiger partial charge is 0.466 e. The summed E-state index contributed by atoms with van der Waals surface area (Å²) in [5.74, 6) is 11.3. The summed E-state index contributed by atoms with van der Waals surface area (Å²) in [6, 6.07) is 0. The van der Waals surface area contributed by atoms with Crippen LogP contribution in [0.1, 0.15) is 33.1 Å². The van der Waals surface area contributed by atoms with Gasteiger partial charge < -0.3 is 18.9 Å². The second kappa shape index (κ2) is 8.17. The summed E-state index contributed by atoms with van der Waals surface area (Å²) in [4.78, 5) is 11.0. The van der Waals surface area contributed by atoms with Crippen molar-refractivity contribution in [3.8, 4) is 23.7 Å². The van der Waals surface area contributed by atoms with Crippen LogP contribution in [0.25, 0.3) is 0 Å². The fourth-order valence-corrected chi connectivity index (χ4v) is 2.28. The Kier molecular flexibility index (Phi) is 6.24. The molecule has 1 unspecified atom stereocenters. The average molecular weight is 318 g/mol. The first-order valence-corrected chi connectivity index (χ1v) is 7.71. The van der Waals surface area contributed by atoms with Crippen molar-refractivity contribution >= 4 is 5.97 Å². The van der Waals surface area contributed by atoms with Gasteiger partial charge in [-0.15, -0.1) is 5.92 Å². The third-order valence-electron chi connectivity index (χ3n) is 3.34. The Labute approximate surface area is 137 Å². The van der Waals surface area contributed by atoms with Crippen molar-refractivity contribution in [3.63, 3.8) is 0 Å². The number of rotatable bonds is 4. The number of esters is 1. The van der Waals surface area contributed by atoms with Gasteiger partial charge in [-0.05, 0) is 26.7 Å². The first-order valence-electron chi connectivity index (χ1n) is 7.71. The van der Waals surface area contributed by atoms with Crippen LogP contribution in [0.4, 0.5) is 0 Å². The van der Waals surface area contributed by atoms with E-state index in [9.17, 15) is 4.79 Å². The van der Waals surface area contributed by atoms with Crippen molar-refractivity contribution in [2.75, 3.05) is 13.7 Å². The molecule has 0 saturated carbocycles. The molecule has 5 heteroatoms. The average Bonchev–Trinajstić information content (AvgIpc) is 2.81. The minimum atomic E-state index is -0.674. The highest BCUT2D eigenvalue weighted by Crippen LogP contribution is 2.27. The van der Waals surface area contributed by atoms with Crippen LogP contribution >= 0.6 is 0 Å². The minimum Gasteiger partial charge on any atom is -0.466 e. The van der Waals surface area contributed by atoms with Gasteiger partial charge in [-0.1, -0.05) is 23.8 Å². The standard InChI is InChI=1S/C18H22O5/c1-18(2)22-15-9-6-4-5-8-14(11-12-16(15)23-18)21-13-7-10-17(19)20-3/h7,10,14-16H,4-5,8,13H2,1-3H3/b10-7+/t14?,15-,16+/m0/s1. The van der Waals surface area contributed by atoms with Crippen LogP contribution in [0.2, 0.25) is 0 Å². The summed E-state index contributed by atoms with van der Waals surface area (Å²) in [5.41, 5.74) is 0. The lowest BCUT2D eigenvalue weighted by molar-refractivity contribution is -0.137. The molecular formula is C18H22O5. The number of fused-ring (bicyclic) bond motifs is 1. The molecule has 1 heterocycles. The van der Waals surface area contributed by atoms with Crippen molar-refractivity contribution in [2.45, 2.75) is 57.2 Å². The van der Waals surface area contributed by atoms with Crippen LogP contribution in [0.3, 0.4) is 0 Å². The van der Waals surface area contributed by atoms with Crippen LogP contribution in [0, 0.1) is 23.7 Å². The van der Waals surface area contributed by atoms with Gasteiger partial charge in [-0.3, -0.25) is 0 Å². The number of hydrogen-bond acceptors (Lipinski definition) is 5. The van der Waals surface area contributed by atoms with Crippen LogP contribution in [-0.2, 0) is 23.7 Å². The van der Waals surface area contributed by atoms with Crippen LogP contribution in [0.15, 0.2) is 12.2 Å².